The number of hydrazine groups is 1. The standard InChI is InChI=1S/C15H18N2O3S/c1-20-14-9-4-3-8-13(14)15(17-16)11-6-5-7-12(10-11)21(2,18)19/h3-10,15,17H,16H2,1-2H3. The van der Waals surface area contributed by atoms with E-state index in [1.165, 1.54) is 6.26 Å². The minimum Gasteiger partial charge on any atom is -0.496 e. The number of nitrogens with two attached hydrogens (primary N) is 1. The zero-order valence-corrected chi connectivity index (χ0v) is 12.7. The second-order valence-electron chi connectivity index (χ2n) is 4.69. The van der Waals surface area contributed by atoms with Crippen LogP contribution in [-0.2, 0) is 9.84 Å². The molecule has 0 amide bonds. The third-order valence-electron chi connectivity index (χ3n) is 3.24. The lowest BCUT2D eigenvalue weighted by Gasteiger charge is -2.20. The molecule has 0 bridgehead atoms. The summed E-state index contributed by atoms with van der Waals surface area (Å²) in [7, 11) is -1.68. The summed E-state index contributed by atoms with van der Waals surface area (Å²) in [6, 6.07) is 13.8. The van der Waals surface area contributed by atoms with E-state index in [0.717, 1.165) is 11.1 Å². The minimum atomic E-state index is -3.26. The second kappa shape index (κ2) is 6.26. The van der Waals surface area contributed by atoms with Crippen molar-refractivity contribution in [1.82, 2.24) is 5.43 Å². The molecule has 0 heterocycles. The molecule has 3 N–H and O–H groups in total. The number of hydrogen-bond donors (Lipinski definition) is 2. The average molecular weight is 306 g/mol. The molecule has 2 rings (SSSR count). The number of para-hydroxylation sites is 1. The maximum Gasteiger partial charge on any atom is 0.175 e. The van der Waals surface area contributed by atoms with E-state index in [-0.39, 0.29) is 10.9 Å². The van der Waals surface area contributed by atoms with Gasteiger partial charge in [0.2, 0.25) is 0 Å². The Hall–Kier alpha value is -1.89. The highest BCUT2D eigenvalue weighted by Crippen LogP contribution is 2.30. The van der Waals surface area contributed by atoms with Gasteiger partial charge in [0.25, 0.3) is 0 Å². The van der Waals surface area contributed by atoms with Gasteiger partial charge in [0.15, 0.2) is 9.84 Å². The highest BCUT2D eigenvalue weighted by atomic mass is 32.2. The van der Waals surface area contributed by atoms with Crippen LogP contribution in [0.3, 0.4) is 0 Å². The van der Waals surface area contributed by atoms with Crippen LogP contribution < -0.4 is 16.0 Å². The van der Waals surface area contributed by atoms with E-state index < -0.39 is 9.84 Å². The molecule has 0 radical (unpaired) electrons. The third-order valence-corrected chi connectivity index (χ3v) is 4.35. The Morgan fingerprint density at radius 1 is 1.14 bits per heavy atom. The van der Waals surface area contributed by atoms with Gasteiger partial charge in [0, 0.05) is 11.8 Å². The molecule has 112 valence electrons. The fourth-order valence-corrected chi connectivity index (χ4v) is 2.87. The molecular formula is C15H18N2O3S. The van der Waals surface area contributed by atoms with Gasteiger partial charge in [0.05, 0.1) is 18.0 Å². The van der Waals surface area contributed by atoms with E-state index in [9.17, 15) is 8.42 Å². The Morgan fingerprint density at radius 3 is 2.48 bits per heavy atom. The topological polar surface area (TPSA) is 81.4 Å². The molecule has 1 atom stereocenters. The lowest BCUT2D eigenvalue weighted by atomic mass is 9.98. The van der Waals surface area contributed by atoms with Crippen LogP contribution in [0.2, 0.25) is 0 Å². The maximum atomic E-state index is 11.7. The summed E-state index contributed by atoms with van der Waals surface area (Å²) in [4.78, 5) is 0.259. The number of methoxy groups -OCH3 is 1. The van der Waals surface area contributed by atoms with Crippen molar-refractivity contribution in [3.05, 3.63) is 59.7 Å². The van der Waals surface area contributed by atoms with Crippen molar-refractivity contribution in [1.29, 1.82) is 0 Å². The lowest BCUT2D eigenvalue weighted by molar-refractivity contribution is 0.404. The smallest absolute Gasteiger partial charge is 0.175 e. The van der Waals surface area contributed by atoms with E-state index in [1.807, 2.05) is 30.3 Å². The van der Waals surface area contributed by atoms with Gasteiger partial charge in [-0.15, -0.1) is 0 Å². The first kappa shape index (κ1) is 15.5. The number of sulfone groups is 1. The van der Waals surface area contributed by atoms with Gasteiger partial charge in [-0.1, -0.05) is 30.3 Å². The van der Waals surface area contributed by atoms with E-state index >= 15 is 0 Å². The van der Waals surface area contributed by atoms with Crippen LogP contribution in [0.15, 0.2) is 53.4 Å². The molecule has 0 saturated heterocycles. The largest absolute Gasteiger partial charge is 0.496 e. The van der Waals surface area contributed by atoms with Crippen molar-refractivity contribution in [2.45, 2.75) is 10.9 Å². The summed E-state index contributed by atoms with van der Waals surface area (Å²) in [6.45, 7) is 0. The SMILES string of the molecule is COc1ccccc1C(NN)c1cccc(S(C)(=O)=O)c1. The summed E-state index contributed by atoms with van der Waals surface area (Å²) in [5.74, 6) is 6.35. The maximum absolute atomic E-state index is 11.7. The predicted octanol–water partition coefficient (Wildman–Crippen LogP) is 1.65. The van der Waals surface area contributed by atoms with Crippen LogP contribution in [-0.4, -0.2) is 21.8 Å². The Labute approximate surface area is 124 Å². The second-order valence-corrected chi connectivity index (χ2v) is 6.70. The van der Waals surface area contributed by atoms with Gasteiger partial charge in [-0.2, -0.15) is 0 Å². The number of rotatable bonds is 5. The Kier molecular flexibility index (Phi) is 4.62. The molecule has 0 aliphatic rings. The highest BCUT2D eigenvalue weighted by Gasteiger charge is 2.18. The summed E-state index contributed by atoms with van der Waals surface area (Å²) in [5.41, 5.74) is 4.31. The van der Waals surface area contributed by atoms with Gasteiger partial charge in [0.1, 0.15) is 5.75 Å². The van der Waals surface area contributed by atoms with Crippen LogP contribution in [0.25, 0.3) is 0 Å². The molecule has 0 aliphatic heterocycles. The average Bonchev–Trinajstić information content (AvgIpc) is 2.48. The zero-order valence-electron chi connectivity index (χ0n) is 11.9. The Morgan fingerprint density at radius 2 is 1.86 bits per heavy atom. The van der Waals surface area contributed by atoms with Crippen molar-refractivity contribution >= 4 is 9.84 Å². The fourth-order valence-electron chi connectivity index (χ4n) is 2.20. The number of benzene rings is 2. The quantitative estimate of drug-likeness (QED) is 0.648. The van der Waals surface area contributed by atoms with Crippen LogP contribution in [0.4, 0.5) is 0 Å². The van der Waals surface area contributed by atoms with Gasteiger partial charge in [-0.25, -0.2) is 13.8 Å². The first-order valence-electron chi connectivity index (χ1n) is 6.36. The molecule has 2 aromatic rings. The fraction of sp³-hybridized carbons (Fsp3) is 0.200. The molecule has 1 unspecified atom stereocenters. The van der Waals surface area contributed by atoms with E-state index in [0.29, 0.717) is 5.75 Å². The van der Waals surface area contributed by atoms with Crippen molar-refractivity contribution in [2.24, 2.45) is 5.84 Å². The molecule has 6 heteroatoms. The van der Waals surface area contributed by atoms with E-state index in [2.05, 4.69) is 5.43 Å². The molecule has 0 aliphatic carbocycles. The number of nitrogens with one attached hydrogen (secondary N) is 1. The first-order valence-corrected chi connectivity index (χ1v) is 8.25. The summed E-state index contributed by atoms with van der Waals surface area (Å²) >= 11 is 0. The Balaban J connectivity index is 2.52. The molecule has 0 aromatic heterocycles. The van der Waals surface area contributed by atoms with Crippen LogP contribution in [0, 0.1) is 0 Å². The van der Waals surface area contributed by atoms with Gasteiger partial charge < -0.3 is 4.74 Å². The van der Waals surface area contributed by atoms with Crippen molar-refractivity contribution < 1.29 is 13.2 Å². The number of hydrogen-bond acceptors (Lipinski definition) is 5. The molecule has 2 aromatic carbocycles. The lowest BCUT2D eigenvalue weighted by Crippen LogP contribution is -2.29. The van der Waals surface area contributed by atoms with Crippen molar-refractivity contribution in [3.8, 4) is 5.75 Å². The van der Waals surface area contributed by atoms with Crippen LogP contribution in [0.5, 0.6) is 5.75 Å². The minimum absolute atomic E-state index is 0.259. The molecule has 5 nitrogen and oxygen atoms in total. The van der Waals surface area contributed by atoms with Gasteiger partial charge in [-0.3, -0.25) is 5.84 Å². The summed E-state index contributed by atoms with van der Waals surface area (Å²) < 4.78 is 28.7. The molecule has 21 heavy (non-hydrogen) atoms. The summed E-state index contributed by atoms with van der Waals surface area (Å²) in [5, 5.41) is 0. The molecule has 0 saturated carbocycles. The third kappa shape index (κ3) is 3.41. The van der Waals surface area contributed by atoms with E-state index in [1.54, 1.807) is 25.3 Å². The molecular weight excluding hydrogens is 288 g/mol. The predicted molar refractivity (Wildman–Crippen MR) is 81.7 cm³/mol. The van der Waals surface area contributed by atoms with Crippen molar-refractivity contribution in [2.75, 3.05) is 13.4 Å². The van der Waals surface area contributed by atoms with Crippen molar-refractivity contribution in [3.63, 3.8) is 0 Å². The van der Waals surface area contributed by atoms with E-state index in [4.69, 9.17) is 10.6 Å². The highest BCUT2D eigenvalue weighted by molar-refractivity contribution is 7.90. The molecule has 0 spiro atoms. The van der Waals surface area contributed by atoms with Crippen LogP contribution >= 0.6 is 0 Å². The first-order chi connectivity index (χ1) is 9.97. The zero-order chi connectivity index (χ0) is 15.5. The number of ether oxygens (including phenoxy) is 1. The van der Waals surface area contributed by atoms with Gasteiger partial charge in [-0.05, 0) is 23.8 Å². The molecule has 0 fully saturated rings. The summed E-state index contributed by atoms with van der Waals surface area (Å²) in [6.07, 6.45) is 1.18. The Bertz CT molecular complexity index is 729. The monoisotopic (exact) mass is 306 g/mol. The normalized spacial score (nSPS) is 12.9. The van der Waals surface area contributed by atoms with Gasteiger partial charge >= 0.3 is 0 Å². The van der Waals surface area contributed by atoms with Crippen LogP contribution in [0.1, 0.15) is 17.2 Å².